The van der Waals surface area contributed by atoms with Gasteiger partial charge in [-0.15, -0.1) is 0 Å². The molecule has 0 aliphatic rings. The second-order valence-electron chi connectivity index (χ2n) is 5.67. The Balaban J connectivity index is 2.03. The van der Waals surface area contributed by atoms with E-state index in [1.165, 1.54) is 0 Å². The molecule has 0 aliphatic carbocycles. The highest BCUT2D eigenvalue weighted by atomic mass is 79.9. The van der Waals surface area contributed by atoms with Gasteiger partial charge in [0.1, 0.15) is 5.58 Å². The maximum atomic E-state index is 13.1. The number of ether oxygens (including phenoxy) is 1. The number of carbonyl (C=O) groups excluding carboxylic acids is 1. The molecule has 3 aromatic rings. The number of furan rings is 1. The van der Waals surface area contributed by atoms with Crippen LogP contribution < -0.4 is 5.32 Å². The number of hydrogen-bond acceptors (Lipinski definition) is 4. The summed E-state index contributed by atoms with van der Waals surface area (Å²) in [5.74, 6) is -0.00484. The van der Waals surface area contributed by atoms with E-state index in [9.17, 15) is 4.79 Å². The minimum Gasteiger partial charge on any atom is -0.452 e. The van der Waals surface area contributed by atoms with E-state index < -0.39 is 0 Å². The molecule has 0 aliphatic heterocycles. The predicted molar refractivity (Wildman–Crippen MR) is 107 cm³/mol. The van der Waals surface area contributed by atoms with Crippen LogP contribution in [-0.4, -0.2) is 26.0 Å². The molecule has 0 atom stereocenters. The summed E-state index contributed by atoms with van der Waals surface area (Å²) in [5, 5.41) is 4.91. The van der Waals surface area contributed by atoms with E-state index in [2.05, 4.69) is 21.2 Å². The van der Waals surface area contributed by atoms with Crippen molar-refractivity contribution in [3.05, 3.63) is 67.8 Å². The molecule has 136 valence electrons. The summed E-state index contributed by atoms with van der Waals surface area (Å²) in [6.07, 6.45) is 0. The van der Waals surface area contributed by atoms with E-state index in [0.717, 1.165) is 15.4 Å². The van der Waals surface area contributed by atoms with Crippen molar-refractivity contribution in [1.82, 2.24) is 5.32 Å². The van der Waals surface area contributed by atoms with Crippen molar-refractivity contribution in [1.29, 1.82) is 0 Å². The highest BCUT2D eigenvalue weighted by Crippen LogP contribution is 2.32. The summed E-state index contributed by atoms with van der Waals surface area (Å²) in [5.41, 5.74) is 1.78. The molecule has 1 aromatic heterocycles. The minimum absolute atomic E-state index is 0.271. The molecular formula is C19H16BrCl2NO3. The SMILES string of the molecule is COCCNCc1c(C(=O)c2ccc(Cl)cc2Cl)oc2cc(Br)ccc12. The Hall–Kier alpha value is -1.37. The van der Waals surface area contributed by atoms with Crippen molar-refractivity contribution in [3.63, 3.8) is 0 Å². The molecule has 0 bridgehead atoms. The van der Waals surface area contributed by atoms with Crippen LogP contribution in [0.15, 0.2) is 45.3 Å². The van der Waals surface area contributed by atoms with Crippen molar-refractivity contribution in [3.8, 4) is 0 Å². The van der Waals surface area contributed by atoms with Gasteiger partial charge in [0.05, 0.1) is 11.6 Å². The van der Waals surface area contributed by atoms with Crippen LogP contribution in [0.1, 0.15) is 21.7 Å². The third kappa shape index (κ3) is 4.13. The van der Waals surface area contributed by atoms with E-state index in [-0.39, 0.29) is 11.5 Å². The van der Waals surface area contributed by atoms with Gasteiger partial charge in [-0.05, 0) is 36.4 Å². The van der Waals surface area contributed by atoms with Crippen LogP contribution in [-0.2, 0) is 11.3 Å². The second kappa shape index (κ2) is 8.55. The van der Waals surface area contributed by atoms with E-state index in [0.29, 0.717) is 40.9 Å². The first kappa shape index (κ1) is 19.4. The number of carbonyl (C=O) groups is 1. The summed E-state index contributed by atoms with van der Waals surface area (Å²) in [4.78, 5) is 13.1. The molecule has 26 heavy (non-hydrogen) atoms. The smallest absolute Gasteiger partial charge is 0.230 e. The molecule has 2 aromatic carbocycles. The molecule has 0 radical (unpaired) electrons. The number of methoxy groups -OCH3 is 1. The van der Waals surface area contributed by atoms with E-state index in [1.807, 2.05) is 18.2 Å². The number of halogens is 3. The molecule has 7 heteroatoms. The lowest BCUT2D eigenvalue weighted by molar-refractivity contribution is 0.101. The van der Waals surface area contributed by atoms with E-state index >= 15 is 0 Å². The van der Waals surface area contributed by atoms with Crippen LogP contribution in [0.25, 0.3) is 11.0 Å². The zero-order chi connectivity index (χ0) is 18.7. The van der Waals surface area contributed by atoms with Crippen LogP contribution in [0.3, 0.4) is 0 Å². The number of nitrogens with one attached hydrogen (secondary N) is 1. The maximum absolute atomic E-state index is 13.1. The zero-order valence-corrected chi connectivity index (χ0v) is 17.0. The standard InChI is InChI=1S/C19H16BrCl2NO3/c1-25-7-6-23-10-15-13-4-2-11(20)8-17(13)26-19(15)18(24)14-5-3-12(21)9-16(14)22/h2-5,8-9,23H,6-7,10H2,1H3. The summed E-state index contributed by atoms with van der Waals surface area (Å²) < 4.78 is 11.8. The molecule has 0 amide bonds. The average molecular weight is 457 g/mol. The van der Waals surface area contributed by atoms with Crippen LogP contribution in [0.5, 0.6) is 0 Å². The fourth-order valence-electron chi connectivity index (χ4n) is 2.67. The normalized spacial score (nSPS) is 11.2. The van der Waals surface area contributed by atoms with Crippen molar-refractivity contribution >= 4 is 55.9 Å². The Bertz CT molecular complexity index is 955. The van der Waals surface area contributed by atoms with Gasteiger partial charge in [-0.3, -0.25) is 4.79 Å². The summed E-state index contributed by atoms with van der Waals surface area (Å²) >= 11 is 15.6. The Morgan fingerprint density at radius 3 is 2.77 bits per heavy atom. The van der Waals surface area contributed by atoms with Crippen LogP contribution in [0.2, 0.25) is 10.0 Å². The Morgan fingerprint density at radius 1 is 1.23 bits per heavy atom. The van der Waals surface area contributed by atoms with Gasteiger partial charge in [0.15, 0.2) is 5.76 Å². The molecular weight excluding hydrogens is 441 g/mol. The molecule has 1 N–H and O–H groups in total. The number of hydrogen-bond donors (Lipinski definition) is 1. The van der Waals surface area contributed by atoms with E-state index in [1.54, 1.807) is 25.3 Å². The lowest BCUT2D eigenvalue weighted by atomic mass is 10.0. The lowest BCUT2D eigenvalue weighted by Gasteiger charge is -2.06. The van der Waals surface area contributed by atoms with Gasteiger partial charge in [0.2, 0.25) is 5.78 Å². The monoisotopic (exact) mass is 455 g/mol. The second-order valence-corrected chi connectivity index (χ2v) is 7.43. The molecule has 0 unspecified atom stereocenters. The predicted octanol–water partition coefficient (Wildman–Crippen LogP) is 5.47. The number of fused-ring (bicyclic) bond motifs is 1. The van der Waals surface area contributed by atoms with Gasteiger partial charge in [-0.1, -0.05) is 39.1 Å². The molecule has 0 spiro atoms. The van der Waals surface area contributed by atoms with Gasteiger partial charge in [-0.2, -0.15) is 0 Å². The quantitative estimate of drug-likeness (QED) is 0.378. The van der Waals surface area contributed by atoms with Gasteiger partial charge >= 0.3 is 0 Å². The topological polar surface area (TPSA) is 51.5 Å². The highest BCUT2D eigenvalue weighted by Gasteiger charge is 2.23. The van der Waals surface area contributed by atoms with Crippen molar-refractivity contribution in [2.24, 2.45) is 0 Å². The number of benzene rings is 2. The lowest BCUT2D eigenvalue weighted by Crippen LogP contribution is -2.19. The first-order chi connectivity index (χ1) is 12.5. The van der Waals surface area contributed by atoms with Crippen molar-refractivity contribution in [2.75, 3.05) is 20.3 Å². The molecule has 0 saturated heterocycles. The van der Waals surface area contributed by atoms with Crippen LogP contribution in [0, 0.1) is 0 Å². The summed E-state index contributed by atoms with van der Waals surface area (Å²) in [6, 6.07) is 10.5. The fraction of sp³-hybridized carbons (Fsp3) is 0.211. The van der Waals surface area contributed by atoms with Gasteiger partial charge in [0.25, 0.3) is 0 Å². The largest absolute Gasteiger partial charge is 0.452 e. The Morgan fingerprint density at radius 2 is 2.04 bits per heavy atom. The zero-order valence-electron chi connectivity index (χ0n) is 13.9. The first-order valence-electron chi connectivity index (χ1n) is 7.91. The van der Waals surface area contributed by atoms with Gasteiger partial charge in [-0.25, -0.2) is 0 Å². The number of rotatable bonds is 7. The molecule has 4 nitrogen and oxygen atoms in total. The minimum atomic E-state index is -0.275. The third-order valence-corrected chi connectivity index (χ3v) is 4.96. The van der Waals surface area contributed by atoms with Crippen molar-refractivity contribution in [2.45, 2.75) is 6.54 Å². The Labute approximate surface area is 169 Å². The van der Waals surface area contributed by atoms with E-state index in [4.69, 9.17) is 32.4 Å². The van der Waals surface area contributed by atoms with Crippen LogP contribution >= 0.6 is 39.1 Å². The third-order valence-electron chi connectivity index (χ3n) is 3.92. The molecule has 1 heterocycles. The maximum Gasteiger partial charge on any atom is 0.230 e. The first-order valence-corrected chi connectivity index (χ1v) is 9.46. The van der Waals surface area contributed by atoms with Crippen LogP contribution in [0.4, 0.5) is 0 Å². The van der Waals surface area contributed by atoms with Gasteiger partial charge < -0.3 is 14.5 Å². The molecule has 3 rings (SSSR count). The summed E-state index contributed by atoms with van der Waals surface area (Å²) in [7, 11) is 1.64. The average Bonchev–Trinajstić information content (AvgIpc) is 2.96. The number of ketones is 1. The van der Waals surface area contributed by atoms with Crippen molar-refractivity contribution < 1.29 is 13.9 Å². The molecule has 0 saturated carbocycles. The highest BCUT2D eigenvalue weighted by molar-refractivity contribution is 9.10. The summed E-state index contributed by atoms with van der Waals surface area (Å²) in [6.45, 7) is 1.72. The Kier molecular flexibility index (Phi) is 6.37. The fourth-order valence-corrected chi connectivity index (χ4v) is 3.50. The molecule has 0 fully saturated rings. The van der Waals surface area contributed by atoms with Gasteiger partial charge in [0, 0.05) is 46.2 Å².